The molecule has 0 spiro atoms. The first kappa shape index (κ1) is 11.0. The lowest BCUT2D eigenvalue weighted by atomic mass is 10.4. The summed E-state index contributed by atoms with van der Waals surface area (Å²) in [6.07, 6.45) is -0.159. The molecule has 0 amide bonds. The van der Waals surface area contributed by atoms with E-state index in [1.54, 1.807) is 7.11 Å². The zero-order valence-corrected chi connectivity index (χ0v) is 8.87. The average molecular weight is 213 g/mol. The summed E-state index contributed by atoms with van der Waals surface area (Å²) < 4.78 is 9.99. The van der Waals surface area contributed by atoms with Crippen LogP contribution >= 0.6 is 11.8 Å². The molecular weight excluding hydrogens is 202 g/mol. The number of hydrogen-bond donors (Lipinski definition) is 0. The summed E-state index contributed by atoms with van der Waals surface area (Å²) >= 11 is 1.44. The molecule has 1 unspecified atom stereocenters. The van der Waals surface area contributed by atoms with Crippen molar-refractivity contribution in [1.82, 2.24) is 10.1 Å². The molecule has 0 saturated carbocycles. The van der Waals surface area contributed by atoms with Crippen molar-refractivity contribution in [3.8, 4) is 6.07 Å². The molecule has 1 heterocycles. The van der Waals surface area contributed by atoms with Crippen molar-refractivity contribution in [1.29, 1.82) is 5.26 Å². The average Bonchev–Trinajstić information content (AvgIpc) is 2.66. The molecule has 0 fully saturated rings. The molecule has 1 rings (SSSR count). The highest BCUT2D eigenvalue weighted by Crippen LogP contribution is 2.14. The third-order valence-electron chi connectivity index (χ3n) is 1.59. The summed E-state index contributed by atoms with van der Waals surface area (Å²) in [5.41, 5.74) is 0. The smallest absolute Gasteiger partial charge is 0.236 e. The molecule has 0 aliphatic carbocycles. The standard InChI is InChI=1S/C8H11N3O2S/c1-6(12-2)8-10-7(13-11-8)5-14-4-3-9/h6H,4-5H2,1-2H3. The Morgan fingerprint density at radius 1 is 1.71 bits per heavy atom. The van der Waals surface area contributed by atoms with E-state index in [1.165, 1.54) is 11.8 Å². The summed E-state index contributed by atoms with van der Waals surface area (Å²) in [6, 6.07) is 2.03. The zero-order valence-electron chi connectivity index (χ0n) is 8.06. The lowest BCUT2D eigenvalue weighted by molar-refractivity contribution is 0.109. The summed E-state index contributed by atoms with van der Waals surface area (Å²) in [5, 5.41) is 12.1. The Labute approximate surface area is 86.4 Å². The summed E-state index contributed by atoms with van der Waals surface area (Å²) in [6.45, 7) is 1.84. The van der Waals surface area contributed by atoms with Gasteiger partial charge in [0.1, 0.15) is 6.10 Å². The van der Waals surface area contributed by atoms with Gasteiger partial charge in [0.15, 0.2) is 5.82 Å². The van der Waals surface area contributed by atoms with E-state index in [0.717, 1.165) is 0 Å². The number of rotatable bonds is 5. The van der Waals surface area contributed by atoms with Gasteiger partial charge < -0.3 is 9.26 Å². The fourth-order valence-electron chi connectivity index (χ4n) is 0.781. The minimum absolute atomic E-state index is 0.159. The summed E-state index contributed by atoms with van der Waals surface area (Å²) in [5.74, 6) is 2.07. The number of nitrogens with zero attached hydrogens (tertiary/aromatic N) is 3. The molecular formula is C8H11N3O2S. The largest absolute Gasteiger partial charge is 0.374 e. The van der Waals surface area contributed by atoms with Crippen LogP contribution in [0.3, 0.4) is 0 Å². The minimum atomic E-state index is -0.159. The highest BCUT2D eigenvalue weighted by atomic mass is 32.2. The molecule has 1 aromatic rings. The lowest BCUT2D eigenvalue weighted by Crippen LogP contribution is -1.98. The predicted octanol–water partition coefficient (Wildman–Crippen LogP) is 1.53. The molecule has 0 aromatic carbocycles. The van der Waals surface area contributed by atoms with Gasteiger partial charge in [-0.25, -0.2) is 0 Å². The maximum absolute atomic E-state index is 8.32. The number of methoxy groups -OCH3 is 1. The number of hydrogen-bond acceptors (Lipinski definition) is 6. The van der Waals surface area contributed by atoms with Gasteiger partial charge in [-0.05, 0) is 6.92 Å². The molecule has 6 heteroatoms. The van der Waals surface area contributed by atoms with Crippen LogP contribution in [0.1, 0.15) is 24.7 Å². The van der Waals surface area contributed by atoms with E-state index in [9.17, 15) is 0 Å². The van der Waals surface area contributed by atoms with Gasteiger partial charge in [0.05, 0.1) is 17.6 Å². The zero-order chi connectivity index (χ0) is 10.4. The molecule has 76 valence electrons. The third-order valence-corrected chi connectivity index (χ3v) is 2.38. The van der Waals surface area contributed by atoms with Crippen molar-refractivity contribution in [3.63, 3.8) is 0 Å². The number of nitriles is 1. The van der Waals surface area contributed by atoms with E-state index in [1.807, 2.05) is 13.0 Å². The van der Waals surface area contributed by atoms with Crippen molar-refractivity contribution >= 4 is 11.8 Å². The number of aromatic nitrogens is 2. The first-order chi connectivity index (χ1) is 6.77. The van der Waals surface area contributed by atoms with Gasteiger partial charge in [-0.3, -0.25) is 0 Å². The predicted molar refractivity (Wildman–Crippen MR) is 51.5 cm³/mol. The SMILES string of the molecule is COC(C)c1noc(CSCC#N)n1. The lowest BCUT2D eigenvalue weighted by Gasteiger charge is -2.00. The van der Waals surface area contributed by atoms with Gasteiger partial charge in [-0.2, -0.15) is 10.2 Å². The van der Waals surface area contributed by atoms with Crippen LogP contribution in [0, 0.1) is 11.3 Å². The van der Waals surface area contributed by atoms with E-state index in [2.05, 4.69) is 10.1 Å². The van der Waals surface area contributed by atoms with Crippen molar-refractivity contribution in [2.24, 2.45) is 0 Å². The fourth-order valence-corrected chi connectivity index (χ4v) is 1.27. The van der Waals surface area contributed by atoms with Crippen molar-refractivity contribution in [3.05, 3.63) is 11.7 Å². The first-order valence-corrected chi connectivity index (χ1v) is 5.23. The van der Waals surface area contributed by atoms with Gasteiger partial charge in [-0.15, -0.1) is 11.8 Å². The number of thioether (sulfide) groups is 1. The maximum atomic E-state index is 8.32. The Morgan fingerprint density at radius 3 is 3.14 bits per heavy atom. The van der Waals surface area contributed by atoms with E-state index in [0.29, 0.717) is 23.2 Å². The van der Waals surface area contributed by atoms with Gasteiger partial charge in [-0.1, -0.05) is 5.16 Å². The van der Waals surface area contributed by atoms with E-state index >= 15 is 0 Å². The van der Waals surface area contributed by atoms with Gasteiger partial charge in [0, 0.05) is 7.11 Å². The Kier molecular flexibility index (Phi) is 4.43. The van der Waals surface area contributed by atoms with Gasteiger partial charge >= 0.3 is 0 Å². The van der Waals surface area contributed by atoms with Crippen LogP contribution in [0.4, 0.5) is 0 Å². The molecule has 1 aromatic heterocycles. The fraction of sp³-hybridized carbons (Fsp3) is 0.625. The second kappa shape index (κ2) is 5.62. The Morgan fingerprint density at radius 2 is 2.50 bits per heavy atom. The molecule has 5 nitrogen and oxygen atoms in total. The van der Waals surface area contributed by atoms with Crippen molar-refractivity contribution < 1.29 is 9.26 Å². The van der Waals surface area contributed by atoms with Gasteiger partial charge in [0.2, 0.25) is 5.89 Å². The summed E-state index contributed by atoms with van der Waals surface area (Å²) in [7, 11) is 1.59. The Bertz CT molecular complexity index is 321. The highest BCUT2D eigenvalue weighted by Gasteiger charge is 2.12. The third kappa shape index (κ3) is 3.01. The quantitative estimate of drug-likeness (QED) is 0.691. The molecule has 14 heavy (non-hydrogen) atoms. The van der Waals surface area contributed by atoms with Crippen LogP contribution in [0.25, 0.3) is 0 Å². The van der Waals surface area contributed by atoms with Gasteiger partial charge in [0.25, 0.3) is 0 Å². The molecule has 0 bridgehead atoms. The molecule has 0 aliphatic heterocycles. The molecule has 0 radical (unpaired) electrons. The second-order valence-corrected chi connectivity index (χ2v) is 3.56. The van der Waals surface area contributed by atoms with Crippen molar-refractivity contribution in [2.75, 3.05) is 12.9 Å². The normalized spacial score (nSPS) is 12.4. The van der Waals surface area contributed by atoms with Crippen molar-refractivity contribution in [2.45, 2.75) is 18.8 Å². The first-order valence-electron chi connectivity index (χ1n) is 4.08. The van der Waals surface area contributed by atoms with Crippen LogP contribution in [-0.2, 0) is 10.5 Å². The molecule has 1 atom stereocenters. The van der Waals surface area contributed by atoms with Crippen LogP contribution < -0.4 is 0 Å². The summed E-state index contributed by atoms with van der Waals surface area (Å²) in [4.78, 5) is 4.12. The Balaban J connectivity index is 2.47. The molecule has 0 aliphatic rings. The van der Waals surface area contributed by atoms with E-state index < -0.39 is 0 Å². The van der Waals surface area contributed by atoms with Crippen LogP contribution in [0.15, 0.2) is 4.52 Å². The van der Waals surface area contributed by atoms with E-state index in [4.69, 9.17) is 14.5 Å². The topological polar surface area (TPSA) is 71.9 Å². The Hall–Kier alpha value is -1.06. The van der Waals surface area contributed by atoms with Crippen LogP contribution in [0.2, 0.25) is 0 Å². The molecule has 0 saturated heterocycles. The number of ether oxygens (including phenoxy) is 1. The monoisotopic (exact) mass is 213 g/mol. The maximum Gasteiger partial charge on any atom is 0.236 e. The van der Waals surface area contributed by atoms with E-state index in [-0.39, 0.29) is 6.10 Å². The minimum Gasteiger partial charge on any atom is -0.374 e. The second-order valence-electron chi connectivity index (χ2n) is 2.58. The van der Waals surface area contributed by atoms with Crippen LogP contribution in [0.5, 0.6) is 0 Å². The molecule has 0 N–H and O–H groups in total. The van der Waals surface area contributed by atoms with Crippen LogP contribution in [-0.4, -0.2) is 23.0 Å². The highest BCUT2D eigenvalue weighted by molar-refractivity contribution is 7.98.